The molecule has 2 saturated carbocycles. The Morgan fingerprint density at radius 1 is 0.654 bits per heavy atom. The molecule has 2 aliphatic carbocycles. The quantitative estimate of drug-likeness (QED) is 0.393. The molecule has 0 heterocycles. The van der Waals surface area contributed by atoms with Gasteiger partial charge in [-0.25, -0.2) is 0 Å². The summed E-state index contributed by atoms with van der Waals surface area (Å²) < 4.78 is 0. The van der Waals surface area contributed by atoms with Gasteiger partial charge in [0.1, 0.15) is 0 Å². The van der Waals surface area contributed by atoms with Crippen molar-refractivity contribution in [2.45, 2.75) is 70.4 Å². The summed E-state index contributed by atoms with van der Waals surface area (Å²) in [5.74, 6) is 0.918. The molecule has 0 saturated heterocycles. The monoisotopic (exact) mass is 408 g/mol. The smallest absolute Gasteiger partial charge is 0 e. The molecule has 0 N–H and O–H groups in total. The van der Waals surface area contributed by atoms with Gasteiger partial charge in [0, 0.05) is 17.1 Å². The summed E-state index contributed by atoms with van der Waals surface area (Å²) in [6, 6.07) is 22.3. The fourth-order valence-corrected chi connectivity index (χ4v) is 7.28. The van der Waals surface area contributed by atoms with E-state index < -0.39 is 0 Å². The van der Waals surface area contributed by atoms with Crippen LogP contribution in [0, 0.1) is 5.92 Å². The SMILES string of the molecule is C1CCCC1.CC(C1CCCC1)P(c1ccccc1)c1ccccc1.[Fe]. The summed E-state index contributed by atoms with van der Waals surface area (Å²) in [4.78, 5) is 0. The Morgan fingerprint density at radius 2 is 1.04 bits per heavy atom. The molecule has 2 aromatic carbocycles. The predicted molar refractivity (Wildman–Crippen MR) is 114 cm³/mol. The van der Waals surface area contributed by atoms with Crippen molar-refractivity contribution >= 4 is 18.5 Å². The Morgan fingerprint density at radius 3 is 1.42 bits per heavy atom. The first-order valence-electron chi connectivity index (χ1n) is 10.3. The zero-order chi connectivity index (χ0) is 17.3. The second kappa shape index (κ2) is 12.0. The standard InChI is InChI=1S/C19H23P.C5H10.Fe/c1-16(17-10-8-9-11-17)20(18-12-4-2-5-13-18)19-14-6-3-7-15-19;1-2-4-5-3-1;/h2-7,12-17H,8-11H2,1H3;1-5H2;. The summed E-state index contributed by atoms with van der Waals surface area (Å²) in [5, 5.41) is 3.07. The van der Waals surface area contributed by atoms with E-state index in [4.69, 9.17) is 0 Å². The molecule has 142 valence electrons. The van der Waals surface area contributed by atoms with Crippen LogP contribution in [0.15, 0.2) is 60.7 Å². The Hall–Kier alpha value is -0.611. The van der Waals surface area contributed by atoms with Gasteiger partial charge in [0.25, 0.3) is 0 Å². The molecule has 0 spiro atoms. The fraction of sp³-hybridized carbons (Fsp3) is 0.500. The van der Waals surface area contributed by atoms with Crippen LogP contribution in [0.25, 0.3) is 0 Å². The van der Waals surface area contributed by atoms with Gasteiger partial charge in [0.15, 0.2) is 0 Å². The van der Waals surface area contributed by atoms with Crippen LogP contribution in [0.2, 0.25) is 0 Å². The first-order valence-corrected chi connectivity index (χ1v) is 11.7. The zero-order valence-corrected chi connectivity index (χ0v) is 18.1. The van der Waals surface area contributed by atoms with Crippen molar-refractivity contribution in [1.82, 2.24) is 0 Å². The largest absolute Gasteiger partial charge is 0.0622 e. The van der Waals surface area contributed by atoms with Gasteiger partial charge in [-0.2, -0.15) is 0 Å². The van der Waals surface area contributed by atoms with E-state index in [1.54, 1.807) is 0 Å². The second-order valence-corrected chi connectivity index (χ2v) is 10.2. The van der Waals surface area contributed by atoms with E-state index in [2.05, 4.69) is 67.6 Å². The van der Waals surface area contributed by atoms with Crippen molar-refractivity contribution in [1.29, 1.82) is 0 Å². The number of rotatable bonds is 4. The van der Waals surface area contributed by atoms with Crippen LogP contribution in [-0.4, -0.2) is 5.66 Å². The summed E-state index contributed by atoms with van der Waals surface area (Å²) in [6.45, 7) is 2.49. The third-order valence-corrected chi connectivity index (χ3v) is 8.75. The van der Waals surface area contributed by atoms with E-state index in [0.717, 1.165) is 11.6 Å². The van der Waals surface area contributed by atoms with Crippen molar-refractivity contribution in [3.8, 4) is 0 Å². The average molecular weight is 408 g/mol. The van der Waals surface area contributed by atoms with E-state index >= 15 is 0 Å². The summed E-state index contributed by atoms with van der Waals surface area (Å²) >= 11 is 0. The maximum absolute atomic E-state index is 2.49. The molecule has 0 nitrogen and oxygen atoms in total. The van der Waals surface area contributed by atoms with Crippen LogP contribution in [0.4, 0.5) is 0 Å². The molecular formula is C24H33FeP. The summed E-state index contributed by atoms with van der Waals surface area (Å²) in [5.41, 5.74) is 0.789. The maximum atomic E-state index is 2.49. The van der Waals surface area contributed by atoms with Crippen molar-refractivity contribution in [2.24, 2.45) is 5.92 Å². The predicted octanol–water partition coefficient (Wildman–Crippen LogP) is 6.65. The molecular weight excluding hydrogens is 375 g/mol. The Bertz CT molecular complexity index is 541. The molecule has 0 aliphatic heterocycles. The molecule has 0 aromatic heterocycles. The molecule has 0 radical (unpaired) electrons. The van der Waals surface area contributed by atoms with Gasteiger partial charge in [-0.15, -0.1) is 0 Å². The molecule has 26 heavy (non-hydrogen) atoms. The maximum Gasteiger partial charge on any atom is 0 e. The third kappa shape index (κ3) is 6.23. The zero-order valence-electron chi connectivity index (χ0n) is 16.1. The van der Waals surface area contributed by atoms with Gasteiger partial charge >= 0.3 is 0 Å². The molecule has 0 amide bonds. The fourth-order valence-electron chi connectivity index (χ4n) is 4.33. The van der Waals surface area contributed by atoms with Crippen LogP contribution in [0.3, 0.4) is 0 Å². The first kappa shape index (κ1) is 21.7. The van der Waals surface area contributed by atoms with Crippen LogP contribution in [0.5, 0.6) is 0 Å². The van der Waals surface area contributed by atoms with Crippen molar-refractivity contribution < 1.29 is 17.1 Å². The number of hydrogen-bond donors (Lipinski definition) is 0. The Balaban J connectivity index is 0.000000351. The van der Waals surface area contributed by atoms with E-state index in [1.807, 2.05) is 0 Å². The molecule has 2 aliphatic rings. The van der Waals surface area contributed by atoms with E-state index in [1.165, 1.54) is 68.4 Å². The average Bonchev–Trinajstić information content (AvgIpc) is 3.40. The Kier molecular flexibility index (Phi) is 9.98. The van der Waals surface area contributed by atoms with Crippen LogP contribution in [-0.2, 0) is 17.1 Å². The van der Waals surface area contributed by atoms with Crippen LogP contribution < -0.4 is 10.6 Å². The summed E-state index contributed by atoms with van der Waals surface area (Å²) in [7, 11) is -0.223. The molecule has 0 bridgehead atoms. The van der Waals surface area contributed by atoms with Crippen molar-refractivity contribution in [2.75, 3.05) is 0 Å². The molecule has 2 aromatic rings. The topological polar surface area (TPSA) is 0 Å². The van der Waals surface area contributed by atoms with Crippen LogP contribution in [0.1, 0.15) is 64.7 Å². The van der Waals surface area contributed by atoms with Gasteiger partial charge in [-0.1, -0.05) is 113 Å². The van der Waals surface area contributed by atoms with E-state index in [0.29, 0.717) is 0 Å². The van der Waals surface area contributed by atoms with Crippen molar-refractivity contribution in [3.05, 3.63) is 60.7 Å². The molecule has 1 atom stereocenters. The van der Waals surface area contributed by atoms with E-state index in [-0.39, 0.29) is 25.0 Å². The molecule has 2 heteroatoms. The van der Waals surface area contributed by atoms with Gasteiger partial charge in [-0.05, 0) is 42.9 Å². The summed E-state index contributed by atoms with van der Waals surface area (Å²) in [6.07, 6.45) is 13.2. The third-order valence-electron chi connectivity index (χ3n) is 5.81. The van der Waals surface area contributed by atoms with Gasteiger partial charge in [0.2, 0.25) is 0 Å². The molecule has 4 rings (SSSR count). The van der Waals surface area contributed by atoms with Crippen molar-refractivity contribution in [3.63, 3.8) is 0 Å². The number of benzene rings is 2. The number of hydrogen-bond acceptors (Lipinski definition) is 0. The first-order chi connectivity index (χ1) is 12.4. The minimum absolute atomic E-state index is 0. The molecule has 2 fully saturated rings. The minimum atomic E-state index is -0.223. The Labute approximate surface area is 172 Å². The van der Waals surface area contributed by atoms with Gasteiger partial charge in [0.05, 0.1) is 0 Å². The molecule has 1 unspecified atom stereocenters. The minimum Gasteiger partial charge on any atom is -0.0622 e. The van der Waals surface area contributed by atoms with Gasteiger partial charge < -0.3 is 0 Å². The van der Waals surface area contributed by atoms with E-state index in [9.17, 15) is 0 Å². The van der Waals surface area contributed by atoms with Gasteiger partial charge in [-0.3, -0.25) is 0 Å². The second-order valence-electron chi connectivity index (χ2n) is 7.59. The normalized spacial score (nSPS) is 18.1. The van der Waals surface area contributed by atoms with Crippen LogP contribution >= 0.6 is 7.92 Å².